The number of ether oxygens (including phenoxy) is 3. The molecule has 8 aromatic heterocycles. The molecule has 20 heteroatoms. The number of carboxylic acid groups (broad SMARTS) is 1. The lowest BCUT2D eigenvalue weighted by Crippen LogP contribution is -2.27. The van der Waals surface area contributed by atoms with Gasteiger partial charge in [-0.1, -0.05) is 0 Å². The summed E-state index contributed by atoms with van der Waals surface area (Å²) in [5.41, 5.74) is 8.77. The van der Waals surface area contributed by atoms with Gasteiger partial charge in [-0.15, -0.1) is 0 Å². The first kappa shape index (κ1) is 41.9. The molecule has 0 saturated carbocycles. The predicted molar refractivity (Wildman–Crippen MR) is 232 cm³/mol. The molecule has 2 unspecified atom stereocenters. The third-order valence-corrected chi connectivity index (χ3v) is 13.2. The van der Waals surface area contributed by atoms with Crippen LogP contribution in [0.15, 0.2) is 48.8 Å². The average molecular weight is 977 g/mol. The van der Waals surface area contributed by atoms with Crippen molar-refractivity contribution in [3.63, 3.8) is 0 Å². The van der Waals surface area contributed by atoms with Gasteiger partial charge in [-0.3, -0.25) is 19.3 Å². The number of nitrogens with zero attached hydrogens (tertiary/aromatic N) is 10. The molecule has 1 N–H and O–H groups in total. The molecule has 2 atom stereocenters. The Hall–Kier alpha value is -5.44. The number of fused-ring (bicyclic) bond motifs is 6. The van der Waals surface area contributed by atoms with E-state index >= 15 is 0 Å². The normalized spacial score (nSPS) is 16.3. The number of halogens is 2. The van der Waals surface area contributed by atoms with Crippen LogP contribution < -0.4 is 0 Å². The topological polar surface area (TPSA) is 205 Å². The highest BCUT2D eigenvalue weighted by atomic mass is 79.9. The van der Waals surface area contributed by atoms with Gasteiger partial charge in [0.25, 0.3) is 0 Å². The maximum absolute atomic E-state index is 12.7. The summed E-state index contributed by atoms with van der Waals surface area (Å²) in [5.74, 6) is 0.0297. The summed E-state index contributed by atoms with van der Waals surface area (Å²) in [6.07, 6.45) is 10.3. The summed E-state index contributed by atoms with van der Waals surface area (Å²) in [6, 6.07) is 1.60. The zero-order valence-electron chi connectivity index (χ0n) is 34.9. The molecule has 0 aromatic carbocycles. The summed E-state index contributed by atoms with van der Waals surface area (Å²) in [7, 11) is 4.93. The summed E-state index contributed by atoms with van der Waals surface area (Å²) in [5, 5.41) is 18.8. The minimum Gasteiger partial charge on any atom is -0.476 e. The second-order valence-corrected chi connectivity index (χ2v) is 17.5. The van der Waals surface area contributed by atoms with Gasteiger partial charge in [0.2, 0.25) is 0 Å². The molecule has 2 fully saturated rings. The van der Waals surface area contributed by atoms with Crippen LogP contribution in [-0.2, 0) is 28.3 Å². The van der Waals surface area contributed by atoms with Crippen molar-refractivity contribution < 1.29 is 37.7 Å². The fourth-order valence-corrected chi connectivity index (χ4v) is 9.90. The predicted octanol–water partition coefficient (Wildman–Crippen LogP) is 7.79. The van der Waals surface area contributed by atoms with Gasteiger partial charge in [0.15, 0.2) is 23.2 Å². The third kappa shape index (κ3) is 7.09. The van der Waals surface area contributed by atoms with E-state index in [-0.39, 0.29) is 35.3 Å². The number of methoxy groups -OCH3 is 1. The Morgan fingerprint density at radius 3 is 1.79 bits per heavy atom. The van der Waals surface area contributed by atoms with E-state index < -0.39 is 11.9 Å². The Bertz CT molecular complexity index is 3000. The van der Waals surface area contributed by atoms with Crippen LogP contribution in [0.1, 0.15) is 87.5 Å². The van der Waals surface area contributed by atoms with Gasteiger partial charge < -0.3 is 37.3 Å². The van der Waals surface area contributed by atoms with Gasteiger partial charge in [-0.05, 0) is 87.9 Å². The molecule has 62 heavy (non-hydrogen) atoms. The molecule has 8 aromatic rings. The summed E-state index contributed by atoms with van der Waals surface area (Å²) < 4.78 is 36.7. The van der Waals surface area contributed by atoms with Crippen LogP contribution in [0, 0.1) is 32.6 Å². The van der Waals surface area contributed by atoms with Crippen molar-refractivity contribution in [1.82, 2.24) is 48.6 Å². The second kappa shape index (κ2) is 16.7. The average Bonchev–Trinajstić information content (AvgIpc) is 4.13. The number of esters is 1. The Morgan fingerprint density at radius 1 is 0.742 bits per heavy atom. The first-order valence-corrected chi connectivity index (χ1v) is 21.8. The molecule has 0 aliphatic carbocycles. The lowest BCUT2D eigenvalue weighted by molar-refractivity contribution is 0.0543. The smallest absolute Gasteiger partial charge is 0.360 e. The number of aromatic nitrogens is 10. The Labute approximate surface area is 370 Å². The molecule has 18 nitrogen and oxygen atoms in total. The van der Waals surface area contributed by atoms with E-state index in [0.29, 0.717) is 54.8 Å². The van der Waals surface area contributed by atoms with Crippen LogP contribution in [0.3, 0.4) is 0 Å². The van der Waals surface area contributed by atoms with E-state index in [1.54, 1.807) is 41.3 Å². The monoisotopic (exact) mass is 974 g/mol. The highest BCUT2D eigenvalue weighted by Gasteiger charge is 2.37. The standard InChI is InChI=1S/2C21H22BrN5O4/c1-11-24-14(10-31-11)18(12-4-6-30-7-5-12)27-15-8-13(22)9-23-16(15)19-20(27)17(21(28)29-3)25-26(19)2;1-10-13(22)8-23-15-17(10)27(20-16(21(28)29)25-26(3)19(15)20)18(12-4-6-30-7-5-12)14-9-31-11(2)24-14/h8-10,12,18H,4-7H2,1-3H3;8-9,12,18H,4-7H2,1-3H3,(H,28,29). The summed E-state index contributed by atoms with van der Waals surface area (Å²) in [6.45, 7) is 8.31. The Kier molecular flexibility index (Phi) is 11.3. The molecule has 0 bridgehead atoms. The van der Waals surface area contributed by atoms with Crippen LogP contribution >= 0.6 is 31.9 Å². The van der Waals surface area contributed by atoms with Crippen molar-refractivity contribution in [2.24, 2.45) is 25.9 Å². The number of carboxylic acids is 1. The minimum absolute atomic E-state index is 0.00305. The van der Waals surface area contributed by atoms with E-state index in [1.807, 2.05) is 33.9 Å². The fourth-order valence-electron chi connectivity index (χ4n) is 9.29. The lowest BCUT2D eigenvalue weighted by atomic mass is 9.89. The number of carbonyl (C=O) groups is 2. The molecule has 0 amide bonds. The molecular weight excluding hydrogens is 932 g/mol. The van der Waals surface area contributed by atoms with E-state index in [2.05, 4.69) is 71.1 Å². The van der Waals surface area contributed by atoms with Gasteiger partial charge in [0.05, 0.1) is 30.2 Å². The molecule has 2 aliphatic heterocycles. The van der Waals surface area contributed by atoms with Crippen molar-refractivity contribution in [3.05, 3.63) is 80.1 Å². The van der Waals surface area contributed by atoms with Crippen molar-refractivity contribution in [1.29, 1.82) is 0 Å². The quantitative estimate of drug-likeness (QED) is 0.144. The second-order valence-electron chi connectivity index (χ2n) is 15.7. The SMILES string of the molecule is COC(=O)c1nn(C)c2c3ncc(Br)cc3n(C(c3coc(C)n3)C3CCOCC3)c12.Cc1nc(C(C2CCOCC2)n2c3c(C)c(Br)cnc3c3c2c(C(=O)O)nn3C)co1. The number of pyridine rings is 2. The highest BCUT2D eigenvalue weighted by Crippen LogP contribution is 2.44. The van der Waals surface area contributed by atoms with Gasteiger partial charge in [-0.2, -0.15) is 10.2 Å². The molecule has 0 spiro atoms. The number of hydrogen-bond acceptors (Lipinski definition) is 13. The number of hydrogen-bond donors (Lipinski definition) is 1. The number of rotatable bonds is 8. The highest BCUT2D eigenvalue weighted by molar-refractivity contribution is 9.10. The third-order valence-electron chi connectivity index (χ3n) is 12.0. The van der Waals surface area contributed by atoms with Gasteiger partial charge in [0.1, 0.15) is 57.0 Å². The molecule has 0 radical (unpaired) electrons. The van der Waals surface area contributed by atoms with Crippen molar-refractivity contribution in [2.75, 3.05) is 33.5 Å². The molecular formula is C42H44Br2N10O8. The zero-order valence-corrected chi connectivity index (χ0v) is 38.1. The first-order valence-electron chi connectivity index (χ1n) is 20.2. The number of aromatic carboxylic acids is 1. The summed E-state index contributed by atoms with van der Waals surface area (Å²) in [4.78, 5) is 43.5. The van der Waals surface area contributed by atoms with Crippen LogP contribution in [0.25, 0.3) is 44.1 Å². The number of oxazole rings is 2. The Balaban J connectivity index is 0.000000158. The maximum Gasteiger partial charge on any atom is 0.360 e. The van der Waals surface area contributed by atoms with Crippen LogP contribution in [0.2, 0.25) is 0 Å². The van der Waals surface area contributed by atoms with Gasteiger partial charge >= 0.3 is 11.9 Å². The molecule has 324 valence electrons. The zero-order chi connectivity index (χ0) is 43.6. The maximum atomic E-state index is 12.7. The van der Waals surface area contributed by atoms with Gasteiger partial charge in [0, 0.05) is 75.7 Å². The number of aryl methyl sites for hydroxylation is 5. The lowest BCUT2D eigenvalue weighted by Gasteiger charge is -2.31. The van der Waals surface area contributed by atoms with E-state index in [1.165, 1.54) is 7.11 Å². The minimum atomic E-state index is -1.08. The molecule has 10 rings (SSSR count). The van der Waals surface area contributed by atoms with E-state index in [0.717, 1.165) is 79.2 Å². The van der Waals surface area contributed by atoms with Crippen LogP contribution in [0.5, 0.6) is 0 Å². The first-order chi connectivity index (χ1) is 29.9. The Morgan fingerprint density at radius 2 is 1.26 bits per heavy atom. The van der Waals surface area contributed by atoms with Gasteiger partial charge in [-0.25, -0.2) is 19.6 Å². The summed E-state index contributed by atoms with van der Waals surface area (Å²) >= 11 is 7.15. The van der Waals surface area contributed by atoms with Crippen molar-refractivity contribution in [3.8, 4) is 0 Å². The van der Waals surface area contributed by atoms with Crippen molar-refractivity contribution >= 4 is 87.9 Å². The fraction of sp³-hybridized carbons (Fsp3) is 0.429. The van der Waals surface area contributed by atoms with E-state index in [4.69, 9.17) is 23.0 Å². The van der Waals surface area contributed by atoms with Crippen LogP contribution in [0.4, 0.5) is 0 Å². The molecule has 2 saturated heterocycles. The number of carbonyl (C=O) groups excluding carboxylic acids is 1. The van der Waals surface area contributed by atoms with Crippen LogP contribution in [-0.4, -0.2) is 99.2 Å². The van der Waals surface area contributed by atoms with Crippen molar-refractivity contribution in [2.45, 2.75) is 58.5 Å². The van der Waals surface area contributed by atoms with E-state index in [9.17, 15) is 14.7 Å². The molecule has 2 aliphatic rings. The largest absolute Gasteiger partial charge is 0.476 e. The molecule has 10 heterocycles.